The average molecular weight is 495 g/mol. The number of hydrogen-bond acceptors (Lipinski definition) is 2. The van der Waals surface area contributed by atoms with E-state index >= 15 is 0 Å². The van der Waals surface area contributed by atoms with Crippen molar-refractivity contribution >= 4 is 53.7 Å². The highest BCUT2D eigenvalue weighted by Gasteiger charge is 2.83. The highest BCUT2D eigenvalue weighted by molar-refractivity contribution is 9.24. The van der Waals surface area contributed by atoms with Crippen molar-refractivity contribution in [3.8, 4) is 0 Å². The number of aromatic nitrogens is 1. The smallest absolute Gasteiger partial charge is 0.228 e. The zero-order chi connectivity index (χ0) is 16.2. The Morgan fingerprint density at radius 2 is 2.18 bits per heavy atom. The van der Waals surface area contributed by atoms with E-state index < -0.39 is 0 Å². The average Bonchev–Trinajstić information content (AvgIpc) is 2.95. The first-order valence-corrected chi connectivity index (χ1v) is 10.1. The molecule has 3 saturated carbocycles. The van der Waals surface area contributed by atoms with Crippen LogP contribution in [0.15, 0.2) is 24.5 Å². The Hall–Kier alpha value is 0.0600. The molecule has 120 valence electrons. The molecular formula is C16H19Br3N2O. The van der Waals surface area contributed by atoms with E-state index in [2.05, 4.69) is 71.9 Å². The second-order valence-electron chi connectivity index (χ2n) is 6.84. The van der Waals surface area contributed by atoms with Gasteiger partial charge in [0, 0.05) is 29.2 Å². The number of pyridine rings is 1. The topological polar surface area (TPSA) is 42.0 Å². The second-order valence-corrected chi connectivity index (χ2v) is 10.8. The minimum atomic E-state index is -0.338. The summed E-state index contributed by atoms with van der Waals surface area (Å²) in [6.07, 6.45) is 5.49. The maximum absolute atomic E-state index is 13.0. The molecule has 0 aliphatic heterocycles. The predicted octanol–water partition coefficient (Wildman–Crippen LogP) is 4.38. The number of alkyl halides is 3. The van der Waals surface area contributed by atoms with Crippen LogP contribution in [0.2, 0.25) is 0 Å². The van der Waals surface area contributed by atoms with Crippen molar-refractivity contribution in [1.29, 1.82) is 0 Å². The van der Waals surface area contributed by atoms with E-state index in [1.807, 2.05) is 12.1 Å². The molecule has 1 amide bonds. The minimum absolute atomic E-state index is 0.0646. The molecule has 3 unspecified atom stereocenters. The maximum atomic E-state index is 13.0. The number of rotatable bonds is 4. The quantitative estimate of drug-likeness (QED) is 0.631. The third-order valence-electron chi connectivity index (χ3n) is 6.07. The van der Waals surface area contributed by atoms with Gasteiger partial charge in [0.25, 0.3) is 0 Å². The van der Waals surface area contributed by atoms with E-state index in [1.165, 1.54) is 0 Å². The lowest BCUT2D eigenvalue weighted by atomic mass is 9.43. The Morgan fingerprint density at radius 3 is 2.68 bits per heavy atom. The Balaban J connectivity index is 1.79. The normalized spacial score (nSPS) is 35.3. The SMILES string of the molecule is CC1(C)C2(C(=O)NCc3cccnc3)CCC1(C(Br)Br)C2Br. The predicted molar refractivity (Wildman–Crippen MR) is 98.3 cm³/mol. The van der Waals surface area contributed by atoms with E-state index in [1.54, 1.807) is 12.4 Å². The summed E-state index contributed by atoms with van der Waals surface area (Å²) < 4.78 is 0.202. The van der Waals surface area contributed by atoms with E-state index in [-0.39, 0.29) is 30.7 Å². The fourth-order valence-corrected chi connectivity index (χ4v) is 9.46. The molecule has 3 aliphatic rings. The Morgan fingerprint density at radius 1 is 1.45 bits per heavy atom. The largest absolute Gasteiger partial charge is 0.351 e. The Kier molecular flexibility index (Phi) is 4.27. The highest BCUT2D eigenvalue weighted by Crippen LogP contribution is 2.82. The molecule has 1 N–H and O–H groups in total. The zero-order valence-electron chi connectivity index (χ0n) is 12.6. The summed E-state index contributed by atoms with van der Waals surface area (Å²) in [5, 5.41) is 3.12. The van der Waals surface area contributed by atoms with Gasteiger partial charge in [-0.1, -0.05) is 67.7 Å². The van der Waals surface area contributed by atoms with Gasteiger partial charge in [-0.05, 0) is 29.9 Å². The monoisotopic (exact) mass is 492 g/mol. The maximum Gasteiger partial charge on any atom is 0.228 e. The number of nitrogens with one attached hydrogen (secondary N) is 1. The van der Waals surface area contributed by atoms with E-state index in [0.717, 1.165) is 18.4 Å². The van der Waals surface area contributed by atoms with Crippen LogP contribution in [0.25, 0.3) is 0 Å². The number of nitrogens with zero attached hydrogens (tertiary/aromatic N) is 1. The zero-order valence-corrected chi connectivity index (χ0v) is 17.3. The van der Waals surface area contributed by atoms with Gasteiger partial charge in [0.05, 0.1) is 9.15 Å². The Labute approximate surface area is 156 Å². The summed E-state index contributed by atoms with van der Waals surface area (Å²) in [6, 6.07) is 3.87. The lowest BCUT2D eigenvalue weighted by Crippen LogP contribution is -2.72. The fraction of sp³-hybridized carbons (Fsp3) is 0.625. The van der Waals surface area contributed by atoms with Crippen molar-refractivity contribution in [2.24, 2.45) is 16.2 Å². The van der Waals surface area contributed by atoms with Crippen LogP contribution >= 0.6 is 47.8 Å². The van der Waals surface area contributed by atoms with E-state index in [9.17, 15) is 4.79 Å². The molecule has 22 heavy (non-hydrogen) atoms. The third-order valence-corrected chi connectivity index (χ3v) is 9.30. The first kappa shape index (κ1) is 16.9. The fourth-order valence-electron chi connectivity index (χ4n) is 4.54. The van der Waals surface area contributed by atoms with Crippen LogP contribution in [0.4, 0.5) is 0 Å². The molecule has 2 bridgehead atoms. The van der Waals surface area contributed by atoms with Crippen LogP contribution in [0.5, 0.6) is 0 Å². The second kappa shape index (κ2) is 5.55. The van der Waals surface area contributed by atoms with Gasteiger partial charge in [0.2, 0.25) is 5.91 Å². The van der Waals surface area contributed by atoms with Crippen LogP contribution < -0.4 is 5.32 Å². The van der Waals surface area contributed by atoms with Gasteiger partial charge in [-0.2, -0.15) is 0 Å². The van der Waals surface area contributed by atoms with Gasteiger partial charge >= 0.3 is 0 Å². The van der Waals surface area contributed by atoms with Gasteiger partial charge in [0.15, 0.2) is 0 Å². The van der Waals surface area contributed by atoms with Crippen LogP contribution in [-0.4, -0.2) is 19.5 Å². The van der Waals surface area contributed by atoms with Gasteiger partial charge < -0.3 is 5.32 Å². The molecule has 1 aromatic rings. The van der Waals surface area contributed by atoms with Crippen molar-refractivity contribution < 1.29 is 4.79 Å². The molecular weight excluding hydrogens is 476 g/mol. The number of fused-ring (bicyclic) bond motifs is 1. The van der Waals surface area contributed by atoms with Crippen molar-refractivity contribution in [1.82, 2.24) is 10.3 Å². The van der Waals surface area contributed by atoms with Crippen molar-refractivity contribution in [2.75, 3.05) is 0 Å². The molecule has 3 atom stereocenters. The van der Waals surface area contributed by atoms with E-state index in [0.29, 0.717) is 6.54 Å². The molecule has 0 spiro atoms. The van der Waals surface area contributed by atoms with Crippen molar-refractivity contribution in [3.05, 3.63) is 30.1 Å². The number of hydrogen-bond donors (Lipinski definition) is 1. The standard InChI is InChI=1S/C16H19Br3N2O/c1-14(2)15(12(18)19)5-6-16(14,11(15)17)13(22)21-9-10-4-3-7-20-8-10/h3-4,7-8,11-12H,5-6,9H2,1-2H3,(H,21,22). The number of carbonyl (C=O) groups is 1. The summed E-state index contributed by atoms with van der Waals surface area (Å²) in [5.74, 6) is 0.150. The van der Waals surface area contributed by atoms with Crippen LogP contribution in [-0.2, 0) is 11.3 Å². The first-order chi connectivity index (χ1) is 10.3. The van der Waals surface area contributed by atoms with Crippen LogP contribution in [0, 0.1) is 16.2 Å². The van der Waals surface area contributed by atoms with Gasteiger partial charge in [-0.25, -0.2) is 0 Å². The third kappa shape index (κ3) is 1.89. The van der Waals surface area contributed by atoms with Gasteiger partial charge in [-0.15, -0.1) is 0 Å². The van der Waals surface area contributed by atoms with Gasteiger partial charge in [0.1, 0.15) is 0 Å². The molecule has 6 heteroatoms. The molecule has 0 radical (unpaired) electrons. The minimum Gasteiger partial charge on any atom is -0.351 e. The lowest BCUT2D eigenvalue weighted by molar-refractivity contribution is -0.161. The molecule has 0 saturated heterocycles. The van der Waals surface area contributed by atoms with E-state index in [4.69, 9.17) is 0 Å². The summed E-state index contributed by atoms with van der Waals surface area (Å²) in [7, 11) is 0. The highest BCUT2D eigenvalue weighted by atomic mass is 79.9. The molecule has 0 aromatic carbocycles. The number of amides is 1. The molecule has 3 nitrogen and oxygen atoms in total. The first-order valence-electron chi connectivity index (χ1n) is 7.40. The summed E-state index contributed by atoms with van der Waals surface area (Å²) in [6.45, 7) is 4.97. The number of halogens is 3. The van der Waals surface area contributed by atoms with Crippen LogP contribution in [0.3, 0.4) is 0 Å². The number of carbonyl (C=O) groups excluding carboxylic acids is 1. The molecule has 3 aliphatic carbocycles. The van der Waals surface area contributed by atoms with Crippen molar-refractivity contribution in [2.45, 2.75) is 41.8 Å². The molecule has 4 rings (SSSR count). The molecule has 1 aromatic heterocycles. The molecule has 1 heterocycles. The summed E-state index contributed by atoms with van der Waals surface area (Å²) in [5.41, 5.74) is 0.692. The van der Waals surface area contributed by atoms with Crippen molar-refractivity contribution in [3.63, 3.8) is 0 Å². The van der Waals surface area contributed by atoms with Gasteiger partial charge in [-0.3, -0.25) is 9.78 Å². The lowest BCUT2D eigenvalue weighted by Gasteiger charge is -2.66. The summed E-state index contributed by atoms with van der Waals surface area (Å²) >= 11 is 11.3. The van der Waals surface area contributed by atoms with Crippen LogP contribution in [0.1, 0.15) is 32.3 Å². The molecule has 3 fully saturated rings. The Bertz CT molecular complexity index is 592. The summed E-state index contributed by atoms with van der Waals surface area (Å²) in [4.78, 5) is 17.2.